The van der Waals surface area contributed by atoms with Gasteiger partial charge in [0, 0.05) is 6.54 Å². The van der Waals surface area contributed by atoms with E-state index in [1.54, 1.807) is 4.68 Å². The molecule has 2 aromatic rings. The van der Waals surface area contributed by atoms with Gasteiger partial charge in [-0.25, -0.2) is 4.79 Å². The number of urea groups is 1. The highest BCUT2D eigenvalue weighted by atomic mass is 16.2. The van der Waals surface area contributed by atoms with Gasteiger partial charge in [0.05, 0.1) is 5.69 Å². The smallest absolute Gasteiger partial charge is 0.315 e. The van der Waals surface area contributed by atoms with Gasteiger partial charge >= 0.3 is 6.03 Å². The molecular formula is C18H26N6O. The molecule has 0 saturated heterocycles. The van der Waals surface area contributed by atoms with Crippen LogP contribution in [0.3, 0.4) is 0 Å². The molecule has 1 aromatic carbocycles. The molecule has 2 amide bonds. The summed E-state index contributed by atoms with van der Waals surface area (Å²) in [6.45, 7) is 6.64. The lowest BCUT2D eigenvalue weighted by Gasteiger charge is -2.36. The van der Waals surface area contributed by atoms with E-state index in [2.05, 4.69) is 46.1 Å². The molecule has 1 aliphatic rings. The number of amides is 2. The zero-order chi connectivity index (χ0) is 17.9. The van der Waals surface area contributed by atoms with Gasteiger partial charge in [-0.15, -0.1) is 5.10 Å². The van der Waals surface area contributed by atoms with E-state index in [0.717, 1.165) is 36.9 Å². The number of nitrogens with one attached hydrogen (secondary N) is 2. The van der Waals surface area contributed by atoms with Crippen molar-refractivity contribution in [3.8, 4) is 5.69 Å². The number of carbonyl (C=O) groups is 1. The molecule has 1 heterocycles. The van der Waals surface area contributed by atoms with Crippen molar-refractivity contribution in [1.82, 2.24) is 30.8 Å². The molecule has 25 heavy (non-hydrogen) atoms. The fraction of sp³-hybridized carbons (Fsp3) is 0.556. The normalized spacial score (nSPS) is 16.4. The van der Waals surface area contributed by atoms with E-state index in [0.29, 0.717) is 12.4 Å². The maximum Gasteiger partial charge on any atom is 0.315 e. The molecule has 0 unspecified atom stereocenters. The summed E-state index contributed by atoms with van der Waals surface area (Å²) < 4.78 is 1.79. The fourth-order valence-electron chi connectivity index (χ4n) is 3.59. The van der Waals surface area contributed by atoms with Gasteiger partial charge in [-0.3, -0.25) is 0 Å². The Morgan fingerprint density at radius 3 is 2.72 bits per heavy atom. The van der Waals surface area contributed by atoms with Crippen LogP contribution in [0, 0.1) is 13.8 Å². The summed E-state index contributed by atoms with van der Waals surface area (Å²) in [7, 11) is 0. The lowest BCUT2D eigenvalue weighted by atomic mass is 9.81. The van der Waals surface area contributed by atoms with Crippen LogP contribution in [0.4, 0.5) is 4.79 Å². The van der Waals surface area contributed by atoms with Gasteiger partial charge in [-0.05, 0) is 61.2 Å². The third-order valence-electron chi connectivity index (χ3n) is 5.10. The number of carbonyl (C=O) groups excluding carboxylic acids is 1. The number of aromatic nitrogens is 4. The Morgan fingerprint density at radius 1 is 1.24 bits per heavy atom. The van der Waals surface area contributed by atoms with Gasteiger partial charge in [0.2, 0.25) is 0 Å². The number of tetrazole rings is 1. The summed E-state index contributed by atoms with van der Waals surface area (Å²) >= 11 is 0. The highest BCUT2D eigenvalue weighted by Gasteiger charge is 2.40. The van der Waals surface area contributed by atoms with E-state index in [9.17, 15) is 4.79 Å². The average molecular weight is 342 g/mol. The third-order valence-corrected chi connectivity index (χ3v) is 5.10. The number of hydrogen-bond donors (Lipinski definition) is 2. The van der Waals surface area contributed by atoms with Crippen molar-refractivity contribution in [2.24, 2.45) is 0 Å². The van der Waals surface area contributed by atoms with Crippen molar-refractivity contribution in [1.29, 1.82) is 0 Å². The summed E-state index contributed by atoms with van der Waals surface area (Å²) in [5.41, 5.74) is 2.76. The largest absolute Gasteiger partial charge is 0.338 e. The Labute approximate surface area is 148 Å². The van der Waals surface area contributed by atoms with Crippen LogP contribution in [-0.2, 0) is 5.54 Å². The molecule has 0 atom stereocenters. The molecule has 0 bridgehead atoms. The second-order valence-corrected chi connectivity index (χ2v) is 6.76. The van der Waals surface area contributed by atoms with Crippen molar-refractivity contribution in [3.63, 3.8) is 0 Å². The van der Waals surface area contributed by atoms with Crippen molar-refractivity contribution in [2.45, 2.75) is 58.4 Å². The third kappa shape index (κ3) is 3.36. The molecule has 1 aromatic heterocycles. The van der Waals surface area contributed by atoms with Gasteiger partial charge in [0.25, 0.3) is 0 Å². The molecule has 7 nitrogen and oxygen atoms in total. The van der Waals surface area contributed by atoms with Crippen molar-refractivity contribution in [3.05, 3.63) is 35.2 Å². The summed E-state index contributed by atoms with van der Waals surface area (Å²) in [6, 6.07) is 5.94. The van der Waals surface area contributed by atoms with Gasteiger partial charge in [0.15, 0.2) is 5.82 Å². The first-order chi connectivity index (χ1) is 12.1. The van der Waals surface area contributed by atoms with Crippen LogP contribution in [0.1, 0.15) is 56.0 Å². The lowest BCUT2D eigenvalue weighted by molar-refractivity contribution is 0.195. The number of rotatable bonds is 4. The topological polar surface area (TPSA) is 84.7 Å². The first-order valence-corrected chi connectivity index (χ1v) is 8.99. The number of aryl methyl sites for hydroxylation is 1. The molecule has 0 spiro atoms. The molecule has 2 N–H and O–H groups in total. The summed E-state index contributed by atoms with van der Waals surface area (Å²) in [5, 5.41) is 18.5. The van der Waals surface area contributed by atoms with Gasteiger partial charge < -0.3 is 10.6 Å². The van der Waals surface area contributed by atoms with E-state index >= 15 is 0 Å². The summed E-state index contributed by atoms with van der Waals surface area (Å²) in [6.07, 6.45) is 4.95. The standard InChI is InChI=1S/C18H26N6O/c1-4-19-17(25)20-18(11-6-5-7-12-18)16-21-22-23-24(16)15-10-8-9-13(2)14(15)3/h8-10H,4-7,11-12H2,1-3H3,(H2,19,20,25). The fourth-order valence-corrected chi connectivity index (χ4v) is 3.59. The van der Waals surface area contributed by atoms with E-state index in [-0.39, 0.29) is 6.03 Å². The molecule has 7 heteroatoms. The van der Waals surface area contributed by atoms with Crippen LogP contribution in [0.15, 0.2) is 18.2 Å². The Morgan fingerprint density at radius 2 is 2.00 bits per heavy atom. The van der Waals surface area contributed by atoms with Gasteiger partial charge in [-0.1, -0.05) is 31.4 Å². The Kier molecular flexibility index (Phi) is 5.01. The Balaban J connectivity index is 2.05. The second-order valence-electron chi connectivity index (χ2n) is 6.76. The summed E-state index contributed by atoms with van der Waals surface area (Å²) in [5.74, 6) is 0.715. The lowest BCUT2D eigenvalue weighted by Crippen LogP contribution is -2.52. The SMILES string of the molecule is CCNC(=O)NC1(c2nnnn2-c2cccc(C)c2C)CCCCC1. The molecule has 0 aliphatic heterocycles. The minimum absolute atomic E-state index is 0.167. The molecule has 0 radical (unpaired) electrons. The average Bonchev–Trinajstić information content (AvgIpc) is 3.08. The monoisotopic (exact) mass is 342 g/mol. The maximum absolute atomic E-state index is 12.3. The zero-order valence-electron chi connectivity index (χ0n) is 15.2. The molecule has 3 rings (SSSR count). The minimum atomic E-state index is -0.531. The van der Waals surface area contributed by atoms with Crippen molar-refractivity contribution < 1.29 is 4.79 Å². The summed E-state index contributed by atoms with van der Waals surface area (Å²) in [4.78, 5) is 12.3. The minimum Gasteiger partial charge on any atom is -0.338 e. The Bertz CT molecular complexity index is 748. The second kappa shape index (κ2) is 7.21. The Hall–Kier alpha value is -2.44. The molecule has 1 saturated carbocycles. The van der Waals surface area contributed by atoms with Crippen molar-refractivity contribution in [2.75, 3.05) is 6.54 Å². The maximum atomic E-state index is 12.3. The molecule has 134 valence electrons. The van der Waals surface area contributed by atoms with E-state index < -0.39 is 5.54 Å². The quantitative estimate of drug-likeness (QED) is 0.895. The van der Waals surface area contributed by atoms with Gasteiger partial charge in [0.1, 0.15) is 5.54 Å². The van der Waals surface area contributed by atoms with Crippen LogP contribution < -0.4 is 10.6 Å². The van der Waals surface area contributed by atoms with Crippen LogP contribution >= 0.6 is 0 Å². The van der Waals surface area contributed by atoms with Crippen LogP contribution in [0.25, 0.3) is 5.69 Å². The van der Waals surface area contributed by atoms with Crippen molar-refractivity contribution >= 4 is 6.03 Å². The zero-order valence-corrected chi connectivity index (χ0v) is 15.2. The predicted molar refractivity (Wildman–Crippen MR) is 95.6 cm³/mol. The first kappa shape index (κ1) is 17.4. The van der Waals surface area contributed by atoms with Crippen LogP contribution in [-0.4, -0.2) is 32.8 Å². The number of nitrogens with zero attached hydrogens (tertiary/aromatic N) is 4. The van der Waals surface area contributed by atoms with E-state index in [4.69, 9.17) is 0 Å². The van der Waals surface area contributed by atoms with E-state index in [1.165, 1.54) is 12.0 Å². The highest BCUT2D eigenvalue weighted by Crippen LogP contribution is 2.37. The first-order valence-electron chi connectivity index (χ1n) is 8.99. The molecule has 1 aliphatic carbocycles. The predicted octanol–water partition coefficient (Wildman–Crippen LogP) is 2.76. The van der Waals surface area contributed by atoms with Crippen LogP contribution in [0.2, 0.25) is 0 Å². The number of hydrogen-bond acceptors (Lipinski definition) is 4. The highest BCUT2D eigenvalue weighted by molar-refractivity contribution is 5.74. The van der Waals surface area contributed by atoms with Gasteiger partial charge in [-0.2, -0.15) is 4.68 Å². The number of benzene rings is 1. The van der Waals surface area contributed by atoms with Crippen LogP contribution in [0.5, 0.6) is 0 Å². The molecular weight excluding hydrogens is 316 g/mol. The van der Waals surface area contributed by atoms with E-state index in [1.807, 2.05) is 19.1 Å². The molecule has 1 fully saturated rings.